The van der Waals surface area contributed by atoms with E-state index in [4.69, 9.17) is 5.11 Å². The number of rotatable bonds is 4. The molecule has 1 unspecified atom stereocenters. The van der Waals surface area contributed by atoms with Crippen molar-refractivity contribution in [2.75, 3.05) is 0 Å². The van der Waals surface area contributed by atoms with Gasteiger partial charge in [-0.05, 0) is 24.2 Å². The van der Waals surface area contributed by atoms with Gasteiger partial charge >= 0.3 is 5.97 Å². The molecule has 0 aliphatic heterocycles. The molecule has 0 radical (unpaired) electrons. The van der Waals surface area contributed by atoms with Crippen molar-refractivity contribution in [3.05, 3.63) is 12.2 Å². The Morgan fingerprint density at radius 3 is 2.23 bits per heavy atom. The number of hydrogen-bond acceptors (Lipinski definition) is 1. The second-order valence-electron chi connectivity index (χ2n) is 4.71. The Labute approximate surface area is 80.7 Å². The maximum atomic E-state index is 10.5. The average molecular weight is 184 g/mol. The lowest BCUT2D eigenvalue weighted by molar-refractivity contribution is -0.132. The quantitative estimate of drug-likeness (QED) is 0.682. The molecular formula is C11H20O2. The van der Waals surface area contributed by atoms with Crippen molar-refractivity contribution in [1.29, 1.82) is 0 Å². The lowest BCUT2D eigenvalue weighted by Crippen LogP contribution is -2.17. The molecule has 2 nitrogen and oxygen atoms in total. The van der Waals surface area contributed by atoms with Crippen molar-refractivity contribution < 1.29 is 9.90 Å². The molecule has 1 N–H and O–H groups in total. The predicted molar refractivity (Wildman–Crippen MR) is 54.6 cm³/mol. The number of carboxylic acids is 1. The number of hydrogen-bond donors (Lipinski definition) is 1. The minimum absolute atomic E-state index is 0.249. The first-order valence-electron chi connectivity index (χ1n) is 4.66. The van der Waals surface area contributed by atoms with Crippen LogP contribution in [0.1, 0.15) is 40.5 Å². The Hall–Kier alpha value is -0.790. The monoisotopic (exact) mass is 184 g/mol. The topological polar surface area (TPSA) is 37.3 Å². The molecule has 0 aromatic rings. The summed E-state index contributed by atoms with van der Waals surface area (Å²) >= 11 is 0. The van der Waals surface area contributed by atoms with Gasteiger partial charge in [-0.15, -0.1) is 0 Å². The first-order chi connectivity index (χ1) is 5.75. The third kappa shape index (κ3) is 4.71. The van der Waals surface area contributed by atoms with Gasteiger partial charge in [-0.3, -0.25) is 0 Å². The van der Waals surface area contributed by atoms with Crippen LogP contribution in [0.4, 0.5) is 0 Å². The van der Waals surface area contributed by atoms with Crippen LogP contribution in [-0.2, 0) is 4.79 Å². The van der Waals surface area contributed by atoms with Crippen molar-refractivity contribution in [1.82, 2.24) is 0 Å². The second-order valence-corrected chi connectivity index (χ2v) is 4.71. The Morgan fingerprint density at radius 2 is 1.92 bits per heavy atom. The largest absolute Gasteiger partial charge is 0.478 e. The van der Waals surface area contributed by atoms with Gasteiger partial charge in [0.15, 0.2) is 0 Å². The fourth-order valence-corrected chi connectivity index (χ4v) is 0.931. The van der Waals surface area contributed by atoms with Crippen molar-refractivity contribution in [3.8, 4) is 0 Å². The minimum atomic E-state index is -0.874. The van der Waals surface area contributed by atoms with Crippen LogP contribution in [0.3, 0.4) is 0 Å². The Morgan fingerprint density at radius 1 is 1.46 bits per heavy atom. The SMILES string of the molecule is C=C(CCC(C)C(C)(C)C)C(=O)O. The highest BCUT2D eigenvalue weighted by Crippen LogP contribution is 2.29. The van der Waals surface area contributed by atoms with Gasteiger partial charge < -0.3 is 5.11 Å². The maximum Gasteiger partial charge on any atom is 0.330 e. The Kier molecular flexibility index (Phi) is 4.18. The van der Waals surface area contributed by atoms with E-state index >= 15 is 0 Å². The molecule has 0 heterocycles. The molecule has 0 aliphatic carbocycles. The molecule has 0 fully saturated rings. The van der Waals surface area contributed by atoms with E-state index in [9.17, 15) is 4.79 Å². The number of carboxylic acid groups (broad SMARTS) is 1. The second kappa shape index (κ2) is 4.45. The summed E-state index contributed by atoms with van der Waals surface area (Å²) in [5, 5.41) is 8.60. The minimum Gasteiger partial charge on any atom is -0.478 e. The van der Waals surface area contributed by atoms with Crippen LogP contribution >= 0.6 is 0 Å². The van der Waals surface area contributed by atoms with Gasteiger partial charge in [0.2, 0.25) is 0 Å². The van der Waals surface area contributed by atoms with Crippen molar-refractivity contribution in [2.24, 2.45) is 11.3 Å². The van der Waals surface area contributed by atoms with E-state index in [1.807, 2.05) is 0 Å². The average Bonchev–Trinajstić information content (AvgIpc) is 1.97. The first-order valence-corrected chi connectivity index (χ1v) is 4.66. The predicted octanol–water partition coefficient (Wildman–Crippen LogP) is 3.09. The summed E-state index contributed by atoms with van der Waals surface area (Å²) < 4.78 is 0. The molecule has 0 spiro atoms. The van der Waals surface area contributed by atoms with Crippen molar-refractivity contribution in [2.45, 2.75) is 40.5 Å². The van der Waals surface area contributed by atoms with E-state index < -0.39 is 5.97 Å². The van der Waals surface area contributed by atoms with E-state index in [-0.39, 0.29) is 5.41 Å². The van der Waals surface area contributed by atoms with Crippen LogP contribution in [0.2, 0.25) is 0 Å². The molecule has 2 heteroatoms. The van der Waals surface area contributed by atoms with Gasteiger partial charge in [0.25, 0.3) is 0 Å². The lowest BCUT2D eigenvalue weighted by atomic mass is 9.79. The van der Waals surface area contributed by atoms with E-state index in [1.165, 1.54) is 0 Å². The molecule has 0 bridgehead atoms. The van der Waals surface area contributed by atoms with Crippen LogP contribution in [0, 0.1) is 11.3 Å². The van der Waals surface area contributed by atoms with Gasteiger partial charge in [-0.25, -0.2) is 4.79 Å². The highest BCUT2D eigenvalue weighted by atomic mass is 16.4. The molecule has 1 atom stereocenters. The molecule has 0 saturated carbocycles. The van der Waals surface area contributed by atoms with Crippen LogP contribution in [0.15, 0.2) is 12.2 Å². The zero-order valence-electron chi connectivity index (χ0n) is 9.05. The normalized spacial score (nSPS) is 13.8. The summed E-state index contributed by atoms with van der Waals surface area (Å²) in [6, 6.07) is 0. The molecule has 0 rings (SSSR count). The zero-order valence-corrected chi connectivity index (χ0v) is 9.05. The molecule has 0 aromatic carbocycles. The summed E-state index contributed by atoms with van der Waals surface area (Å²) in [6.07, 6.45) is 1.49. The van der Waals surface area contributed by atoms with Gasteiger partial charge in [0, 0.05) is 5.57 Å². The number of aliphatic carboxylic acids is 1. The standard InChI is InChI=1S/C11H20O2/c1-8(10(12)13)6-7-9(2)11(3,4)5/h9H,1,6-7H2,2-5H3,(H,12,13). The van der Waals surface area contributed by atoms with Gasteiger partial charge in [0.1, 0.15) is 0 Å². The molecule has 0 aliphatic rings. The maximum absolute atomic E-state index is 10.5. The molecule has 13 heavy (non-hydrogen) atoms. The summed E-state index contributed by atoms with van der Waals surface area (Å²) in [7, 11) is 0. The summed E-state index contributed by atoms with van der Waals surface area (Å²) in [5.41, 5.74) is 0.565. The highest BCUT2D eigenvalue weighted by Gasteiger charge is 2.20. The molecule has 0 aromatic heterocycles. The highest BCUT2D eigenvalue weighted by molar-refractivity contribution is 5.85. The van der Waals surface area contributed by atoms with Gasteiger partial charge in [-0.2, -0.15) is 0 Å². The smallest absolute Gasteiger partial charge is 0.330 e. The zero-order chi connectivity index (χ0) is 10.6. The fraction of sp³-hybridized carbons (Fsp3) is 0.727. The molecule has 0 amide bonds. The van der Waals surface area contributed by atoms with Gasteiger partial charge in [0.05, 0.1) is 0 Å². The Bertz CT molecular complexity index is 199. The van der Waals surface area contributed by atoms with Crippen molar-refractivity contribution >= 4 is 5.97 Å². The van der Waals surface area contributed by atoms with Crippen LogP contribution in [0.5, 0.6) is 0 Å². The summed E-state index contributed by atoms with van der Waals surface area (Å²) in [5.74, 6) is -0.357. The van der Waals surface area contributed by atoms with Crippen LogP contribution in [-0.4, -0.2) is 11.1 Å². The third-order valence-electron chi connectivity index (χ3n) is 2.66. The fourth-order valence-electron chi connectivity index (χ4n) is 0.931. The van der Waals surface area contributed by atoms with Gasteiger partial charge in [-0.1, -0.05) is 34.3 Å². The van der Waals surface area contributed by atoms with Crippen molar-refractivity contribution in [3.63, 3.8) is 0 Å². The first kappa shape index (κ1) is 12.2. The Balaban J connectivity index is 3.91. The van der Waals surface area contributed by atoms with E-state index in [2.05, 4.69) is 34.3 Å². The van der Waals surface area contributed by atoms with Crippen LogP contribution < -0.4 is 0 Å². The van der Waals surface area contributed by atoms with E-state index in [0.29, 0.717) is 17.9 Å². The molecular weight excluding hydrogens is 164 g/mol. The summed E-state index contributed by atoms with van der Waals surface area (Å²) in [6.45, 7) is 12.2. The van der Waals surface area contributed by atoms with Crippen LogP contribution in [0.25, 0.3) is 0 Å². The van der Waals surface area contributed by atoms with E-state index in [0.717, 1.165) is 6.42 Å². The van der Waals surface area contributed by atoms with E-state index in [1.54, 1.807) is 0 Å². The summed E-state index contributed by atoms with van der Waals surface area (Å²) in [4.78, 5) is 10.5. The molecule has 76 valence electrons. The number of carbonyl (C=O) groups is 1. The molecule has 0 saturated heterocycles. The third-order valence-corrected chi connectivity index (χ3v) is 2.66. The lowest BCUT2D eigenvalue weighted by Gasteiger charge is -2.27.